The minimum Gasteiger partial charge on any atom is -0.322 e. The average molecular weight is 326 g/mol. The monoisotopic (exact) mass is 325 g/mol. The molecule has 0 aliphatic heterocycles. The molecule has 1 N–H and O–H groups in total. The van der Waals surface area contributed by atoms with E-state index in [4.69, 9.17) is 0 Å². The Labute approximate surface area is 117 Å². The van der Waals surface area contributed by atoms with Gasteiger partial charge in [-0.3, -0.25) is 4.79 Å². The predicted octanol–water partition coefficient (Wildman–Crippen LogP) is 4.29. The van der Waals surface area contributed by atoms with E-state index in [1.165, 1.54) is 30.3 Å². The molecule has 0 aliphatic rings. The molecule has 0 atom stereocenters. The highest BCUT2D eigenvalue weighted by molar-refractivity contribution is 9.10. The summed E-state index contributed by atoms with van der Waals surface area (Å²) in [5.41, 5.74) is 0.536. The molecule has 98 valence electrons. The van der Waals surface area contributed by atoms with Crippen LogP contribution in [0, 0.1) is 18.6 Å². The molecule has 0 fully saturated rings. The molecule has 2 nitrogen and oxygen atoms in total. The van der Waals surface area contributed by atoms with Crippen LogP contribution in [-0.4, -0.2) is 5.91 Å². The maximum absolute atomic E-state index is 13.5. The zero-order valence-electron chi connectivity index (χ0n) is 10.0. The van der Waals surface area contributed by atoms with Gasteiger partial charge in [-0.2, -0.15) is 0 Å². The number of rotatable bonds is 2. The predicted molar refractivity (Wildman–Crippen MR) is 73.2 cm³/mol. The largest absolute Gasteiger partial charge is 0.322 e. The molecule has 1 amide bonds. The second-order valence-electron chi connectivity index (χ2n) is 3.99. The molecule has 0 radical (unpaired) electrons. The van der Waals surface area contributed by atoms with Gasteiger partial charge >= 0.3 is 0 Å². The number of hydrogen-bond acceptors (Lipinski definition) is 1. The summed E-state index contributed by atoms with van der Waals surface area (Å²) in [7, 11) is 0. The molecule has 0 aliphatic carbocycles. The molecule has 0 unspecified atom stereocenters. The van der Waals surface area contributed by atoms with Gasteiger partial charge in [0.25, 0.3) is 5.91 Å². The highest BCUT2D eigenvalue weighted by atomic mass is 79.9. The maximum Gasteiger partial charge on any atom is 0.258 e. The Hall–Kier alpha value is -1.75. The first-order valence-electron chi connectivity index (χ1n) is 5.50. The summed E-state index contributed by atoms with van der Waals surface area (Å²) in [6.45, 7) is 1.54. The molecule has 2 aromatic carbocycles. The van der Waals surface area contributed by atoms with Crippen LogP contribution in [-0.2, 0) is 0 Å². The zero-order chi connectivity index (χ0) is 14.0. The van der Waals surface area contributed by atoms with Gasteiger partial charge in [0.1, 0.15) is 11.6 Å². The van der Waals surface area contributed by atoms with Crippen molar-refractivity contribution in [2.75, 3.05) is 5.32 Å². The summed E-state index contributed by atoms with van der Waals surface area (Å²) in [6.07, 6.45) is 0. The summed E-state index contributed by atoms with van der Waals surface area (Å²) in [5.74, 6) is -1.67. The molecule has 0 spiro atoms. The third-order valence-corrected chi connectivity index (χ3v) is 3.18. The molecular formula is C14H10BrF2NO. The molecule has 0 bridgehead atoms. The summed E-state index contributed by atoms with van der Waals surface area (Å²) < 4.78 is 27.5. The van der Waals surface area contributed by atoms with E-state index in [1.54, 1.807) is 13.0 Å². The lowest BCUT2D eigenvalue weighted by atomic mass is 10.1. The van der Waals surface area contributed by atoms with Gasteiger partial charge in [-0.1, -0.05) is 22.0 Å². The summed E-state index contributed by atoms with van der Waals surface area (Å²) in [5, 5.41) is 2.50. The van der Waals surface area contributed by atoms with Crippen molar-refractivity contribution in [3.63, 3.8) is 0 Å². The standard InChI is InChI=1S/C14H10BrF2NO/c1-8-11(16)3-2-4-13(8)18-14(19)10-7-9(15)5-6-12(10)17/h2-7H,1H3,(H,18,19). The lowest BCUT2D eigenvalue weighted by molar-refractivity contribution is 0.102. The Morgan fingerprint density at radius 3 is 2.63 bits per heavy atom. The third kappa shape index (κ3) is 2.98. The van der Waals surface area contributed by atoms with Crippen LogP contribution in [0.15, 0.2) is 40.9 Å². The lowest BCUT2D eigenvalue weighted by Gasteiger charge is -2.09. The smallest absolute Gasteiger partial charge is 0.258 e. The van der Waals surface area contributed by atoms with E-state index in [0.29, 0.717) is 15.7 Å². The molecule has 5 heteroatoms. The molecule has 19 heavy (non-hydrogen) atoms. The minimum atomic E-state index is -0.630. The number of amides is 1. The molecule has 0 saturated heterocycles. The van der Waals surface area contributed by atoms with Crippen LogP contribution in [0.1, 0.15) is 15.9 Å². The van der Waals surface area contributed by atoms with Crippen molar-refractivity contribution in [3.8, 4) is 0 Å². The Balaban J connectivity index is 2.31. The first kappa shape index (κ1) is 13.7. The van der Waals surface area contributed by atoms with Crippen LogP contribution in [0.25, 0.3) is 0 Å². The van der Waals surface area contributed by atoms with Crippen molar-refractivity contribution >= 4 is 27.5 Å². The number of carbonyl (C=O) groups is 1. The van der Waals surface area contributed by atoms with Gasteiger partial charge in [-0.25, -0.2) is 8.78 Å². The van der Waals surface area contributed by atoms with Crippen molar-refractivity contribution in [2.24, 2.45) is 0 Å². The van der Waals surface area contributed by atoms with E-state index < -0.39 is 17.5 Å². The molecule has 2 aromatic rings. The average Bonchev–Trinajstić information content (AvgIpc) is 2.38. The fourth-order valence-electron chi connectivity index (χ4n) is 1.60. The topological polar surface area (TPSA) is 29.1 Å². The lowest BCUT2D eigenvalue weighted by Crippen LogP contribution is -2.14. The SMILES string of the molecule is Cc1c(F)cccc1NC(=O)c1cc(Br)ccc1F. The van der Waals surface area contributed by atoms with Gasteiger partial charge in [0.05, 0.1) is 5.56 Å². The van der Waals surface area contributed by atoms with E-state index in [1.807, 2.05) is 0 Å². The second-order valence-corrected chi connectivity index (χ2v) is 4.91. The quantitative estimate of drug-likeness (QED) is 0.876. The van der Waals surface area contributed by atoms with Crippen LogP contribution < -0.4 is 5.32 Å². The van der Waals surface area contributed by atoms with E-state index in [0.717, 1.165) is 0 Å². The Morgan fingerprint density at radius 1 is 1.16 bits per heavy atom. The summed E-state index contributed by atoms with van der Waals surface area (Å²) in [6, 6.07) is 8.41. The van der Waals surface area contributed by atoms with Gasteiger partial charge < -0.3 is 5.32 Å². The maximum atomic E-state index is 13.5. The Kier molecular flexibility index (Phi) is 3.95. The van der Waals surface area contributed by atoms with E-state index in [-0.39, 0.29) is 5.56 Å². The summed E-state index contributed by atoms with van der Waals surface area (Å²) >= 11 is 3.17. The van der Waals surface area contributed by atoms with E-state index in [2.05, 4.69) is 21.2 Å². The first-order chi connectivity index (χ1) is 8.99. The number of nitrogens with one attached hydrogen (secondary N) is 1. The van der Waals surface area contributed by atoms with E-state index >= 15 is 0 Å². The molecule has 0 saturated carbocycles. The van der Waals surface area contributed by atoms with Crippen molar-refractivity contribution < 1.29 is 13.6 Å². The zero-order valence-corrected chi connectivity index (χ0v) is 11.6. The number of carbonyl (C=O) groups excluding carboxylic acids is 1. The number of hydrogen-bond donors (Lipinski definition) is 1. The molecule has 0 aromatic heterocycles. The van der Waals surface area contributed by atoms with Gasteiger partial charge in [0.2, 0.25) is 0 Å². The van der Waals surface area contributed by atoms with Crippen molar-refractivity contribution in [1.29, 1.82) is 0 Å². The number of anilines is 1. The van der Waals surface area contributed by atoms with Gasteiger partial charge in [-0.15, -0.1) is 0 Å². The van der Waals surface area contributed by atoms with Gasteiger partial charge in [0, 0.05) is 15.7 Å². The van der Waals surface area contributed by atoms with Crippen LogP contribution in [0.2, 0.25) is 0 Å². The normalized spacial score (nSPS) is 10.3. The van der Waals surface area contributed by atoms with E-state index in [9.17, 15) is 13.6 Å². The fraction of sp³-hybridized carbons (Fsp3) is 0.0714. The van der Waals surface area contributed by atoms with Crippen LogP contribution in [0.3, 0.4) is 0 Å². The minimum absolute atomic E-state index is 0.0990. The molecular weight excluding hydrogens is 316 g/mol. The fourth-order valence-corrected chi connectivity index (χ4v) is 1.97. The molecule has 0 heterocycles. The Bertz CT molecular complexity index is 643. The third-order valence-electron chi connectivity index (χ3n) is 2.69. The van der Waals surface area contributed by atoms with Crippen molar-refractivity contribution in [1.82, 2.24) is 0 Å². The Morgan fingerprint density at radius 2 is 1.89 bits per heavy atom. The van der Waals surface area contributed by atoms with Crippen LogP contribution >= 0.6 is 15.9 Å². The number of halogens is 3. The van der Waals surface area contributed by atoms with Crippen molar-refractivity contribution in [3.05, 3.63) is 63.6 Å². The second kappa shape index (κ2) is 5.48. The number of benzene rings is 2. The highest BCUT2D eigenvalue weighted by Crippen LogP contribution is 2.20. The van der Waals surface area contributed by atoms with Crippen LogP contribution in [0.4, 0.5) is 14.5 Å². The van der Waals surface area contributed by atoms with Crippen LogP contribution in [0.5, 0.6) is 0 Å². The van der Waals surface area contributed by atoms with Crippen molar-refractivity contribution in [2.45, 2.75) is 6.92 Å². The summed E-state index contributed by atoms with van der Waals surface area (Å²) in [4.78, 5) is 12.0. The van der Waals surface area contributed by atoms with Gasteiger partial charge in [-0.05, 0) is 37.3 Å². The molecule has 2 rings (SSSR count). The van der Waals surface area contributed by atoms with Gasteiger partial charge in [0.15, 0.2) is 0 Å². The highest BCUT2D eigenvalue weighted by Gasteiger charge is 2.14. The first-order valence-corrected chi connectivity index (χ1v) is 6.30.